The summed E-state index contributed by atoms with van der Waals surface area (Å²) < 4.78 is 0. The molecule has 0 heterocycles. The summed E-state index contributed by atoms with van der Waals surface area (Å²) in [7, 11) is 0. The monoisotopic (exact) mass is 273 g/mol. The van der Waals surface area contributed by atoms with Crippen LogP contribution in [-0.4, -0.2) is 17.3 Å². The van der Waals surface area contributed by atoms with Gasteiger partial charge in [0, 0.05) is 21.7 Å². The Bertz CT molecular complexity index is 567. The van der Waals surface area contributed by atoms with Crippen LogP contribution in [0, 0.1) is 0 Å². The van der Waals surface area contributed by atoms with Crippen molar-refractivity contribution < 1.29 is 9.90 Å². The molecule has 0 aliphatic carbocycles. The van der Waals surface area contributed by atoms with Crippen LogP contribution in [0.3, 0.4) is 0 Å². The Morgan fingerprint density at radius 1 is 1.16 bits per heavy atom. The highest BCUT2D eigenvalue weighted by Crippen LogP contribution is 2.18. The Balaban J connectivity index is 2.16. The summed E-state index contributed by atoms with van der Waals surface area (Å²) in [6, 6.07) is 14.6. The largest absolute Gasteiger partial charge is 0.392 e. The highest BCUT2D eigenvalue weighted by molar-refractivity contribution is 7.98. The lowest BCUT2D eigenvalue weighted by Gasteiger charge is -2.09. The number of hydrogen-bond donors (Lipinski definition) is 2. The molecule has 0 fully saturated rings. The lowest BCUT2D eigenvalue weighted by atomic mass is 10.1. The van der Waals surface area contributed by atoms with Gasteiger partial charge < -0.3 is 10.4 Å². The molecule has 0 unspecified atom stereocenters. The van der Waals surface area contributed by atoms with Gasteiger partial charge in [-0.2, -0.15) is 0 Å². The van der Waals surface area contributed by atoms with Crippen LogP contribution in [0.2, 0.25) is 0 Å². The number of aliphatic hydroxyl groups excluding tert-OH is 1. The first kappa shape index (κ1) is 13.6. The Kier molecular flexibility index (Phi) is 4.60. The predicted octanol–water partition coefficient (Wildman–Crippen LogP) is 3.15. The highest BCUT2D eigenvalue weighted by Gasteiger charge is 2.08. The summed E-state index contributed by atoms with van der Waals surface area (Å²) >= 11 is 1.63. The van der Waals surface area contributed by atoms with Crippen LogP contribution in [0.1, 0.15) is 15.9 Å². The van der Waals surface area contributed by atoms with Crippen LogP contribution in [0.15, 0.2) is 53.4 Å². The maximum absolute atomic E-state index is 12.1. The number of para-hydroxylation sites is 1. The summed E-state index contributed by atoms with van der Waals surface area (Å²) in [5, 5.41) is 12.0. The molecule has 19 heavy (non-hydrogen) atoms. The summed E-state index contributed by atoms with van der Waals surface area (Å²) in [6.45, 7) is -0.0954. The van der Waals surface area contributed by atoms with Crippen molar-refractivity contribution in [3.63, 3.8) is 0 Å². The highest BCUT2D eigenvalue weighted by atomic mass is 32.2. The van der Waals surface area contributed by atoms with Crippen LogP contribution < -0.4 is 5.32 Å². The molecule has 2 N–H and O–H groups in total. The van der Waals surface area contributed by atoms with Crippen molar-refractivity contribution in [3.05, 3.63) is 59.7 Å². The number of amides is 1. The third-order valence-electron chi connectivity index (χ3n) is 2.79. The summed E-state index contributed by atoms with van der Waals surface area (Å²) in [4.78, 5) is 13.2. The van der Waals surface area contributed by atoms with Gasteiger partial charge in [-0.3, -0.25) is 4.79 Å². The van der Waals surface area contributed by atoms with Crippen molar-refractivity contribution in [1.29, 1.82) is 0 Å². The van der Waals surface area contributed by atoms with Crippen molar-refractivity contribution >= 4 is 23.4 Å². The molecule has 0 spiro atoms. The first-order chi connectivity index (χ1) is 9.24. The van der Waals surface area contributed by atoms with E-state index in [1.807, 2.05) is 30.5 Å². The van der Waals surface area contributed by atoms with E-state index in [4.69, 9.17) is 0 Å². The van der Waals surface area contributed by atoms with Gasteiger partial charge in [-0.15, -0.1) is 11.8 Å². The van der Waals surface area contributed by atoms with Crippen LogP contribution >= 0.6 is 11.8 Å². The number of nitrogens with one attached hydrogen (secondary N) is 1. The van der Waals surface area contributed by atoms with Gasteiger partial charge in [0.2, 0.25) is 0 Å². The van der Waals surface area contributed by atoms with E-state index in [1.54, 1.807) is 36.0 Å². The Hall–Kier alpha value is -1.78. The van der Waals surface area contributed by atoms with Crippen LogP contribution in [-0.2, 0) is 6.61 Å². The Morgan fingerprint density at radius 3 is 2.47 bits per heavy atom. The number of benzene rings is 2. The number of anilines is 1. The molecule has 2 aromatic rings. The van der Waals surface area contributed by atoms with Crippen LogP contribution in [0.25, 0.3) is 0 Å². The first-order valence-corrected chi connectivity index (χ1v) is 7.11. The molecule has 0 aliphatic heterocycles. The number of carbonyl (C=O) groups excluding carboxylic acids is 1. The lowest BCUT2D eigenvalue weighted by molar-refractivity contribution is 0.102. The van der Waals surface area contributed by atoms with Gasteiger partial charge >= 0.3 is 0 Å². The minimum atomic E-state index is -0.173. The van der Waals surface area contributed by atoms with Gasteiger partial charge in [0.25, 0.3) is 5.91 Å². The zero-order valence-electron chi connectivity index (χ0n) is 10.6. The van der Waals surface area contributed by atoms with Gasteiger partial charge in [0.15, 0.2) is 0 Å². The van der Waals surface area contributed by atoms with E-state index < -0.39 is 0 Å². The van der Waals surface area contributed by atoms with E-state index in [-0.39, 0.29) is 12.5 Å². The fraction of sp³-hybridized carbons (Fsp3) is 0.133. The second-order valence-corrected chi connectivity index (χ2v) is 4.88. The standard InChI is InChI=1S/C15H15NO2S/c1-19-13-8-6-11(7-9-13)15(18)16-14-5-3-2-4-12(14)10-17/h2-9,17H,10H2,1H3,(H,16,18). The van der Waals surface area contributed by atoms with E-state index in [9.17, 15) is 9.90 Å². The van der Waals surface area contributed by atoms with Gasteiger partial charge in [-0.1, -0.05) is 18.2 Å². The minimum Gasteiger partial charge on any atom is -0.392 e. The SMILES string of the molecule is CSc1ccc(C(=O)Nc2ccccc2CO)cc1. The number of rotatable bonds is 4. The molecular formula is C15H15NO2S. The topological polar surface area (TPSA) is 49.3 Å². The zero-order chi connectivity index (χ0) is 13.7. The van der Waals surface area contributed by atoms with E-state index in [0.29, 0.717) is 16.8 Å². The molecule has 3 nitrogen and oxygen atoms in total. The van der Waals surface area contributed by atoms with E-state index in [0.717, 1.165) is 4.90 Å². The molecule has 0 saturated heterocycles. The quantitative estimate of drug-likeness (QED) is 0.841. The summed E-state index contributed by atoms with van der Waals surface area (Å²) in [5.74, 6) is -0.173. The molecular weight excluding hydrogens is 258 g/mol. The molecule has 0 aliphatic rings. The van der Waals surface area contributed by atoms with Gasteiger partial charge in [0.05, 0.1) is 6.61 Å². The normalized spacial score (nSPS) is 10.2. The number of thioether (sulfide) groups is 1. The fourth-order valence-corrected chi connectivity index (χ4v) is 2.13. The number of carbonyl (C=O) groups is 1. The predicted molar refractivity (Wildman–Crippen MR) is 78.5 cm³/mol. The molecule has 0 radical (unpaired) electrons. The van der Waals surface area contributed by atoms with Gasteiger partial charge in [0.1, 0.15) is 0 Å². The average molecular weight is 273 g/mol. The Labute approximate surface area is 116 Å². The van der Waals surface area contributed by atoms with Crippen LogP contribution in [0.5, 0.6) is 0 Å². The fourth-order valence-electron chi connectivity index (χ4n) is 1.72. The van der Waals surface area contributed by atoms with E-state index in [2.05, 4.69) is 5.32 Å². The second kappa shape index (κ2) is 6.41. The zero-order valence-corrected chi connectivity index (χ0v) is 11.4. The number of aliphatic hydroxyl groups is 1. The molecule has 2 aromatic carbocycles. The molecule has 0 saturated carbocycles. The van der Waals surface area contributed by atoms with Crippen LogP contribution in [0.4, 0.5) is 5.69 Å². The molecule has 1 amide bonds. The summed E-state index contributed by atoms with van der Waals surface area (Å²) in [5.41, 5.74) is 1.95. The van der Waals surface area contributed by atoms with E-state index >= 15 is 0 Å². The lowest BCUT2D eigenvalue weighted by Crippen LogP contribution is -2.13. The molecule has 0 bridgehead atoms. The van der Waals surface area contributed by atoms with Crippen molar-refractivity contribution in [2.24, 2.45) is 0 Å². The van der Waals surface area contributed by atoms with E-state index in [1.165, 1.54) is 0 Å². The molecule has 4 heteroatoms. The minimum absolute atomic E-state index is 0.0954. The van der Waals surface area contributed by atoms with Gasteiger partial charge in [-0.05, 0) is 36.6 Å². The average Bonchev–Trinajstić information content (AvgIpc) is 2.48. The summed E-state index contributed by atoms with van der Waals surface area (Å²) in [6.07, 6.45) is 1.99. The number of hydrogen-bond acceptors (Lipinski definition) is 3. The smallest absolute Gasteiger partial charge is 0.255 e. The van der Waals surface area contributed by atoms with Crippen molar-refractivity contribution in [2.45, 2.75) is 11.5 Å². The molecule has 98 valence electrons. The molecule has 2 rings (SSSR count). The molecule has 0 atom stereocenters. The third kappa shape index (κ3) is 3.36. The first-order valence-electron chi connectivity index (χ1n) is 5.88. The third-order valence-corrected chi connectivity index (χ3v) is 3.53. The maximum atomic E-state index is 12.1. The molecule has 0 aromatic heterocycles. The van der Waals surface area contributed by atoms with Crippen molar-refractivity contribution in [3.8, 4) is 0 Å². The second-order valence-electron chi connectivity index (χ2n) is 4.00. The Morgan fingerprint density at radius 2 is 1.84 bits per heavy atom. The van der Waals surface area contributed by atoms with Crippen molar-refractivity contribution in [1.82, 2.24) is 0 Å². The van der Waals surface area contributed by atoms with Gasteiger partial charge in [-0.25, -0.2) is 0 Å². The van der Waals surface area contributed by atoms with Crippen molar-refractivity contribution in [2.75, 3.05) is 11.6 Å². The maximum Gasteiger partial charge on any atom is 0.255 e.